The molecule has 0 aromatic rings. The Morgan fingerprint density at radius 2 is 0.708 bits per heavy atom. The third-order valence-electron chi connectivity index (χ3n) is 5.43. The first kappa shape index (κ1) is 24.0. The van der Waals surface area contributed by atoms with Crippen molar-refractivity contribution in [2.45, 2.75) is 129 Å². The van der Waals surface area contributed by atoms with Crippen LogP contribution in [0.5, 0.6) is 0 Å². The summed E-state index contributed by atoms with van der Waals surface area (Å²) in [5, 5.41) is 0. The van der Waals surface area contributed by atoms with E-state index in [1.165, 1.54) is 129 Å². The van der Waals surface area contributed by atoms with Crippen LogP contribution in [0.3, 0.4) is 0 Å². The van der Waals surface area contributed by atoms with Crippen LogP contribution in [0.15, 0.2) is 0 Å². The molecule has 0 aromatic heterocycles. The van der Waals surface area contributed by atoms with Crippen LogP contribution in [0.4, 0.5) is 0 Å². The molecule has 0 atom stereocenters. The lowest BCUT2D eigenvalue weighted by atomic mass is 10.0. The molecule has 0 aromatic carbocycles. The van der Waals surface area contributed by atoms with Crippen molar-refractivity contribution in [2.75, 3.05) is 20.1 Å². The SMILES string of the molecule is CCCCCCCCCCCCCCCCCCCCN(C)CC. The van der Waals surface area contributed by atoms with Crippen molar-refractivity contribution in [2.24, 2.45) is 0 Å². The van der Waals surface area contributed by atoms with Gasteiger partial charge in [0.05, 0.1) is 0 Å². The summed E-state index contributed by atoms with van der Waals surface area (Å²) in [4.78, 5) is 2.42. The van der Waals surface area contributed by atoms with Crippen molar-refractivity contribution in [1.82, 2.24) is 4.90 Å². The molecule has 0 unspecified atom stereocenters. The van der Waals surface area contributed by atoms with E-state index in [1.54, 1.807) is 0 Å². The third-order valence-corrected chi connectivity index (χ3v) is 5.43. The molecular formula is C23H49N. The van der Waals surface area contributed by atoms with E-state index >= 15 is 0 Å². The summed E-state index contributed by atoms with van der Waals surface area (Å²) in [6.45, 7) is 7.02. The minimum Gasteiger partial charge on any atom is -0.307 e. The van der Waals surface area contributed by atoms with Gasteiger partial charge in [0.1, 0.15) is 0 Å². The smallest absolute Gasteiger partial charge is 0.00219 e. The number of unbranched alkanes of at least 4 members (excludes halogenated alkanes) is 17. The normalized spacial score (nSPS) is 11.5. The van der Waals surface area contributed by atoms with Crippen LogP contribution in [-0.4, -0.2) is 25.0 Å². The number of hydrogen-bond acceptors (Lipinski definition) is 1. The zero-order valence-corrected chi connectivity index (χ0v) is 17.6. The molecule has 1 heteroatoms. The van der Waals surface area contributed by atoms with Crippen LogP contribution in [0.2, 0.25) is 0 Å². The molecule has 146 valence electrons. The first-order valence-electron chi connectivity index (χ1n) is 11.5. The quantitative estimate of drug-likeness (QED) is 0.203. The monoisotopic (exact) mass is 339 g/mol. The largest absolute Gasteiger partial charge is 0.307 e. The van der Waals surface area contributed by atoms with Gasteiger partial charge in [0, 0.05) is 0 Å². The van der Waals surface area contributed by atoms with E-state index in [0.717, 1.165) is 0 Å². The van der Waals surface area contributed by atoms with E-state index in [-0.39, 0.29) is 0 Å². The molecule has 0 aliphatic rings. The lowest BCUT2D eigenvalue weighted by Crippen LogP contribution is -2.18. The van der Waals surface area contributed by atoms with Gasteiger partial charge in [-0.25, -0.2) is 0 Å². The van der Waals surface area contributed by atoms with Gasteiger partial charge < -0.3 is 4.90 Å². The minimum absolute atomic E-state index is 1.19. The van der Waals surface area contributed by atoms with Gasteiger partial charge in [0.25, 0.3) is 0 Å². The Morgan fingerprint density at radius 3 is 1.00 bits per heavy atom. The fraction of sp³-hybridized carbons (Fsp3) is 1.00. The van der Waals surface area contributed by atoms with Crippen molar-refractivity contribution < 1.29 is 0 Å². The molecule has 0 spiro atoms. The average Bonchev–Trinajstić information content (AvgIpc) is 2.60. The second-order valence-corrected chi connectivity index (χ2v) is 7.91. The van der Waals surface area contributed by atoms with Crippen LogP contribution in [0.25, 0.3) is 0 Å². The molecule has 0 heterocycles. The van der Waals surface area contributed by atoms with Gasteiger partial charge in [-0.15, -0.1) is 0 Å². The van der Waals surface area contributed by atoms with E-state index in [1.807, 2.05) is 0 Å². The highest BCUT2D eigenvalue weighted by atomic mass is 15.1. The average molecular weight is 340 g/mol. The van der Waals surface area contributed by atoms with Crippen LogP contribution in [0.1, 0.15) is 129 Å². The van der Waals surface area contributed by atoms with E-state index in [9.17, 15) is 0 Å². The highest BCUT2D eigenvalue weighted by Crippen LogP contribution is 2.14. The molecule has 1 nitrogen and oxygen atoms in total. The summed E-state index contributed by atoms with van der Waals surface area (Å²) in [6, 6.07) is 0. The van der Waals surface area contributed by atoms with Crippen molar-refractivity contribution in [3.05, 3.63) is 0 Å². The Kier molecular flexibility index (Phi) is 21.0. The Hall–Kier alpha value is -0.0400. The first-order chi connectivity index (χ1) is 11.8. The Bertz CT molecular complexity index is 214. The zero-order chi connectivity index (χ0) is 17.7. The number of hydrogen-bond donors (Lipinski definition) is 0. The molecule has 0 aliphatic carbocycles. The summed E-state index contributed by atoms with van der Waals surface area (Å²) in [5.41, 5.74) is 0. The molecule has 0 saturated heterocycles. The van der Waals surface area contributed by atoms with Gasteiger partial charge in [0.15, 0.2) is 0 Å². The standard InChI is InChI=1S/C23H49N/c1-4-6-7-8-9-10-11-12-13-14-15-16-17-18-19-20-21-22-23-24(3)5-2/h4-23H2,1-3H3. The predicted molar refractivity (Wildman–Crippen MR) is 112 cm³/mol. The van der Waals surface area contributed by atoms with Crippen LogP contribution < -0.4 is 0 Å². The minimum atomic E-state index is 1.19. The number of nitrogens with zero attached hydrogens (tertiary/aromatic N) is 1. The Balaban J connectivity index is 2.98. The molecule has 0 radical (unpaired) electrons. The van der Waals surface area contributed by atoms with Crippen molar-refractivity contribution in [3.63, 3.8) is 0 Å². The highest BCUT2D eigenvalue weighted by molar-refractivity contribution is 4.52. The van der Waals surface area contributed by atoms with E-state index in [4.69, 9.17) is 0 Å². The topological polar surface area (TPSA) is 3.24 Å². The molecular weight excluding hydrogens is 290 g/mol. The maximum atomic E-state index is 2.42. The summed E-state index contributed by atoms with van der Waals surface area (Å²) >= 11 is 0. The lowest BCUT2D eigenvalue weighted by molar-refractivity contribution is 0.340. The molecule has 24 heavy (non-hydrogen) atoms. The maximum Gasteiger partial charge on any atom is -0.00219 e. The highest BCUT2D eigenvalue weighted by Gasteiger charge is 1.96. The third kappa shape index (κ3) is 20.0. The molecule has 0 rings (SSSR count). The van der Waals surface area contributed by atoms with Crippen molar-refractivity contribution in [3.8, 4) is 0 Å². The fourth-order valence-corrected chi connectivity index (χ4v) is 3.44. The Labute approximate surface area is 155 Å². The first-order valence-corrected chi connectivity index (χ1v) is 11.5. The fourth-order valence-electron chi connectivity index (χ4n) is 3.44. The lowest BCUT2D eigenvalue weighted by Gasteiger charge is -2.12. The van der Waals surface area contributed by atoms with Gasteiger partial charge >= 0.3 is 0 Å². The molecule has 0 bridgehead atoms. The number of rotatable bonds is 20. The van der Waals surface area contributed by atoms with Crippen LogP contribution in [0, 0.1) is 0 Å². The summed E-state index contributed by atoms with van der Waals surface area (Å²) in [5.74, 6) is 0. The van der Waals surface area contributed by atoms with E-state index < -0.39 is 0 Å². The summed E-state index contributed by atoms with van der Waals surface area (Å²) in [6.07, 6.45) is 26.3. The molecule has 0 aliphatic heterocycles. The van der Waals surface area contributed by atoms with Gasteiger partial charge in [-0.2, -0.15) is 0 Å². The molecule has 0 N–H and O–H groups in total. The van der Waals surface area contributed by atoms with Gasteiger partial charge in [-0.05, 0) is 26.6 Å². The molecule has 0 fully saturated rings. The van der Waals surface area contributed by atoms with E-state index in [0.29, 0.717) is 0 Å². The van der Waals surface area contributed by atoms with Gasteiger partial charge in [0.2, 0.25) is 0 Å². The van der Waals surface area contributed by atoms with Crippen molar-refractivity contribution in [1.29, 1.82) is 0 Å². The predicted octanol–water partition coefficient (Wildman–Crippen LogP) is 7.98. The summed E-state index contributed by atoms with van der Waals surface area (Å²) < 4.78 is 0. The second-order valence-electron chi connectivity index (χ2n) is 7.91. The Morgan fingerprint density at radius 1 is 0.417 bits per heavy atom. The molecule has 0 saturated carbocycles. The zero-order valence-electron chi connectivity index (χ0n) is 17.6. The second kappa shape index (κ2) is 21.0. The van der Waals surface area contributed by atoms with Crippen LogP contribution in [-0.2, 0) is 0 Å². The summed E-state index contributed by atoms with van der Waals surface area (Å²) in [7, 11) is 2.23. The molecule has 0 amide bonds. The maximum absolute atomic E-state index is 2.42. The van der Waals surface area contributed by atoms with Gasteiger partial charge in [-0.1, -0.05) is 123 Å². The van der Waals surface area contributed by atoms with Crippen LogP contribution >= 0.6 is 0 Å². The van der Waals surface area contributed by atoms with Crippen molar-refractivity contribution >= 4 is 0 Å². The van der Waals surface area contributed by atoms with E-state index in [2.05, 4.69) is 25.8 Å². The van der Waals surface area contributed by atoms with Gasteiger partial charge in [-0.3, -0.25) is 0 Å².